The predicted octanol–water partition coefficient (Wildman–Crippen LogP) is 4.15. The highest BCUT2D eigenvalue weighted by Gasteiger charge is 2.22. The Morgan fingerprint density at radius 2 is 2.31 bits per heavy atom. The average Bonchev–Trinajstić information content (AvgIpc) is 2.62. The molecule has 1 nitrogen and oxygen atoms in total. The van der Waals surface area contributed by atoms with Crippen molar-refractivity contribution in [1.29, 1.82) is 0 Å². The van der Waals surface area contributed by atoms with Gasteiger partial charge in [0.15, 0.2) is 4.67 Å². The summed E-state index contributed by atoms with van der Waals surface area (Å²) >= 11 is 6.98. The number of hydrogen-bond acceptors (Lipinski definition) is 1. The average molecular weight is 308 g/mol. The molecule has 0 spiro atoms. The van der Waals surface area contributed by atoms with Crippen LogP contribution in [0.1, 0.15) is 24.8 Å². The summed E-state index contributed by atoms with van der Waals surface area (Å²) in [6.45, 7) is 0. The third-order valence-corrected chi connectivity index (χ3v) is 3.87. The molecule has 0 N–H and O–H groups in total. The number of halogens is 2. The van der Waals surface area contributed by atoms with Crippen LogP contribution in [0.5, 0.6) is 0 Å². The lowest BCUT2D eigenvalue weighted by atomic mass is 10.0. The Morgan fingerprint density at radius 1 is 1.46 bits per heavy atom. The summed E-state index contributed by atoms with van der Waals surface area (Å²) in [5.41, 5.74) is 1.32. The standard InChI is InChI=1S/C10H12Br2O/c11-9-2-1-7(4-9)3-8-5-10(12)13-6-8/h5-7,9H,1-4H2. The second kappa shape index (κ2) is 4.18. The van der Waals surface area contributed by atoms with E-state index >= 15 is 0 Å². The van der Waals surface area contributed by atoms with E-state index < -0.39 is 0 Å². The summed E-state index contributed by atoms with van der Waals surface area (Å²) in [5.74, 6) is 0.842. The Kier molecular flexibility index (Phi) is 3.14. The van der Waals surface area contributed by atoms with E-state index in [0.29, 0.717) is 0 Å². The van der Waals surface area contributed by atoms with Gasteiger partial charge in [0.1, 0.15) is 0 Å². The van der Waals surface area contributed by atoms with Gasteiger partial charge >= 0.3 is 0 Å². The molecule has 2 rings (SSSR count). The van der Waals surface area contributed by atoms with Gasteiger partial charge in [-0.3, -0.25) is 0 Å². The topological polar surface area (TPSA) is 13.1 Å². The van der Waals surface area contributed by atoms with E-state index in [4.69, 9.17) is 4.42 Å². The van der Waals surface area contributed by atoms with Crippen molar-refractivity contribution in [2.75, 3.05) is 0 Å². The van der Waals surface area contributed by atoms with Crippen LogP contribution in [0, 0.1) is 5.92 Å². The van der Waals surface area contributed by atoms with Crippen LogP contribution in [-0.2, 0) is 6.42 Å². The van der Waals surface area contributed by atoms with Crippen LogP contribution < -0.4 is 0 Å². The number of alkyl halides is 1. The zero-order chi connectivity index (χ0) is 9.26. The van der Waals surface area contributed by atoms with E-state index in [0.717, 1.165) is 21.8 Å². The first-order valence-corrected chi connectivity index (χ1v) is 6.32. The second-order valence-corrected chi connectivity index (χ2v) is 5.82. The molecule has 0 bridgehead atoms. The van der Waals surface area contributed by atoms with Crippen LogP contribution in [0.4, 0.5) is 0 Å². The Labute approximate surface area is 95.1 Å². The smallest absolute Gasteiger partial charge is 0.169 e. The maximum absolute atomic E-state index is 5.21. The maximum Gasteiger partial charge on any atom is 0.169 e. The summed E-state index contributed by atoms with van der Waals surface area (Å²) in [6, 6.07) is 2.07. The molecule has 0 saturated heterocycles. The molecule has 0 radical (unpaired) electrons. The molecule has 13 heavy (non-hydrogen) atoms. The van der Waals surface area contributed by atoms with Gasteiger partial charge in [0.05, 0.1) is 6.26 Å². The number of rotatable bonds is 2. The number of hydrogen-bond donors (Lipinski definition) is 0. The summed E-state index contributed by atoms with van der Waals surface area (Å²) in [7, 11) is 0. The van der Waals surface area contributed by atoms with Crippen molar-refractivity contribution in [3.63, 3.8) is 0 Å². The van der Waals surface area contributed by atoms with Gasteiger partial charge in [-0.1, -0.05) is 15.9 Å². The molecule has 1 aromatic rings. The largest absolute Gasteiger partial charge is 0.457 e. The van der Waals surface area contributed by atoms with E-state index in [2.05, 4.69) is 37.9 Å². The Hall–Kier alpha value is 0.240. The molecule has 1 saturated carbocycles. The van der Waals surface area contributed by atoms with Crippen molar-refractivity contribution in [3.05, 3.63) is 22.6 Å². The lowest BCUT2D eigenvalue weighted by Gasteiger charge is -2.05. The fourth-order valence-corrected chi connectivity index (χ4v) is 3.17. The lowest BCUT2D eigenvalue weighted by Crippen LogP contribution is -1.98. The minimum absolute atomic E-state index is 0.743. The summed E-state index contributed by atoms with van der Waals surface area (Å²) < 4.78 is 6.05. The molecule has 0 aromatic carbocycles. The summed E-state index contributed by atoms with van der Waals surface area (Å²) in [4.78, 5) is 0.743. The van der Waals surface area contributed by atoms with E-state index in [9.17, 15) is 0 Å². The zero-order valence-corrected chi connectivity index (χ0v) is 10.5. The second-order valence-electron chi connectivity index (χ2n) is 3.74. The van der Waals surface area contributed by atoms with Gasteiger partial charge in [-0.2, -0.15) is 0 Å². The van der Waals surface area contributed by atoms with E-state index in [1.54, 1.807) is 0 Å². The van der Waals surface area contributed by atoms with Gasteiger partial charge in [-0.05, 0) is 59.2 Å². The highest BCUT2D eigenvalue weighted by Crippen LogP contribution is 2.33. The fourth-order valence-electron chi connectivity index (χ4n) is 1.99. The van der Waals surface area contributed by atoms with Gasteiger partial charge in [0, 0.05) is 4.83 Å². The van der Waals surface area contributed by atoms with Crippen molar-refractivity contribution >= 4 is 31.9 Å². The normalized spacial score (nSPS) is 28.2. The SMILES string of the molecule is Brc1cc(CC2CCC(Br)C2)co1. The fraction of sp³-hybridized carbons (Fsp3) is 0.600. The molecule has 72 valence electrons. The van der Waals surface area contributed by atoms with Crippen molar-refractivity contribution in [2.24, 2.45) is 5.92 Å². The van der Waals surface area contributed by atoms with Crippen LogP contribution in [-0.4, -0.2) is 4.83 Å². The zero-order valence-electron chi connectivity index (χ0n) is 7.30. The molecule has 0 amide bonds. The first kappa shape index (κ1) is 9.78. The Bertz CT molecular complexity index is 282. The van der Waals surface area contributed by atoms with Crippen LogP contribution >= 0.6 is 31.9 Å². The van der Waals surface area contributed by atoms with Crippen LogP contribution in [0.15, 0.2) is 21.4 Å². The van der Waals surface area contributed by atoms with Gasteiger partial charge < -0.3 is 4.42 Å². The third kappa shape index (κ3) is 2.59. The number of furan rings is 1. The predicted molar refractivity (Wildman–Crippen MR) is 60.2 cm³/mol. The quantitative estimate of drug-likeness (QED) is 0.748. The molecule has 2 unspecified atom stereocenters. The summed E-state index contributed by atoms with van der Waals surface area (Å²) in [6.07, 6.45) is 6.99. The molecular formula is C10H12Br2O. The first-order valence-electron chi connectivity index (χ1n) is 4.61. The van der Waals surface area contributed by atoms with Gasteiger partial charge in [-0.15, -0.1) is 0 Å². The van der Waals surface area contributed by atoms with E-state index in [1.807, 2.05) is 6.26 Å². The van der Waals surface area contributed by atoms with Crippen molar-refractivity contribution in [1.82, 2.24) is 0 Å². The molecule has 1 aromatic heterocycles. The molecule has 1 fully saturated rings. The molecule has 1 aliphatic carbocycles. The molecular weight excluding hydrogens is 296 g/mol. The van der Waals surface area contributed by atoms with Crippen LogP contribution in [0.25, 0.3) is 0 Å². The minimum Gasteiger partial charge on any atom is -0.457 e. The molecule has 1 aliphatic rings. The lowest BCUT2D eigenvalue weighted by molar-refractivity contribution is 0.521. The summed E-state index contributed by atoms with van der Waals surface area (Å²) in [5, 5.41) is 0. The van der Waals surface area contributed by atoms with Gasteiger partial charge in [-0.25, -0.2) is 0 Å². The molecule has 3 heteroatoms. The van der Waals surface area contributed by atoms with Crippen LogP contribution in [0.2, 0.25) is 0 Å². The molecule has 1 heterocycles. The Balaban J connectivity index is 1.91. The highest BCUT2D eigenvalue weighted by molar-refractivity contribution is 9.10. The maximum atomic E-state index is 5.21. The molecule has 2 atom stereocenters. The van der Waals surface area contributed by atoms with Gasteiger partial charge in [0.2, 0.25) is 0 Å². The minimum atomic E-state index is 0.743. The van der Waals surface area contributed by atoms with Gasteiger partial charge in [0.25, 0.3) is 0 Å². The molecule has 0 aliphatic heterocycles. The Morgan fingerprint density at radius 3 is 2.85 bits per heavy atom. The van der Waals surface area contributed by atoms with Crippen molar-refractivity contribution in [2.45, 2.75) is 30.5 Å². The van der Waals surface area contributed by atoms with Crippen LogP contribution in [0.3, 0.4) is 0 Å². The first-order chi connectivity index (χ1) is 6.24. The highest BCUT2D eigenvalue weighted by atomic mass is 79.9. The van der Waals surface area contributed by atoms with E-state index in [1.165, 1.54) is 24.8 Å². The third-order valence-electron chi connectivity index (χ3n) is 2.62. The van der Waals surface area contributed by atoms with E-state index in [-0.39, 0.29) is 0 Å². The van der Waals surface area contributed by atoms with Crippen molar-refractivity contribution < 1.29 is 4.42 Å². The monoisotopic (exact) mass is 306 g/mol. The van der Waals surface area contributed by atoms with Crippen molar-refractivity contribution in [3.8, 4) is 0 Å².